The van der Waals surface area contributed by atoms with Crippen molar-refractivity contribution in [2.24, 2.45) is 0 Å². The number of anilines is 2. The molecule has 8 N–H and O–H groups in total. The van der Waals surface area contributed by atoms with E-state index in [0.29, 0.717) is 40.4 Å². The van der Waals surface area contributed by atoms with Gasteiger partial charge in [-0.3, -0.25) is 19.4 Å². The highest BCUT2D eigenvalue weighted by Gasteiger charge is 2.33. The lowest BCUT2D eigenvalue weighted by atomic mass is 9.82. The van der Waals surface area contributed by atoms with Crippen molar-refractivity contribution in [1.82, 2.24) is 15.3 Å². The number of halogens is 1. The van der Waals surface area contributed by atoms with Gasteiger partial charge in [0.25, 0.3) is 17.4 Å². The van der Waals surface area contributed by atoms with Gasteiger partial charge in [-0.1, -0.05) is 29.5 Å². The van der Waals surface area contributed by atoms with Gasteiger partial charge in [-0.05, 0) is 86.0 Å². The van der Waals surface area contributed by atoms with E-state index in [2.05, 4.69) is 22.5 Å². The predicted octanol–water partition coefficient (Wildman–Crippen LogP) is 3.39. The fourth-order valence-corrected chi connectivity index (χ4v) is 4.83. The van der Waals surface area contributed by atoms with Crippen molar-refractivity contribution in [1.29, 1.82) is 0 Å². The third-order valence-corrected chi connectivity index (χ3v) is 7.13. The highest BCUT2D eigenvalue weighted by atomic mass is 35.5. The van der Waals surface area contributed by atoms with E-state index in [4.69, 9.17) is 22.4 Å². The largest absolute Gasteiger partial charge is 0.477 e. The number of aromatic nitrogens is 2. The second-order valence-corrected chi connectivity index (χ2v) is 11.0. The van der Waals surface area contributed by atoms with Crippen LogP contribution in [0.25, 0.3) is 0 Å². The first-order chi connectivity index (χ1) is 21.9. The molecule has 46 heavy (non-hydrogen) atoms. The Morgan fingerprint density at radius 2 is 1.61 bits per heavy atom. The van der Waals surface area contributed by atoms with Crippen molar-refractivity contribution < 1.29 is 24.6 Å². The van der Waals surface area contributed by atoms with Gasteiger partial charge < -0.3 is 31.6 Å². The lowest BCUT2D eigenvalue weighted by molar-refractivity contribution is 0.0452. The fourth-order valence-electron chi connectivity index (χ4n) is 4.64. The van der Waals surface area contributed by atoms with Gasteiger partial charge in [0, 0.05) is 51.6 Å². The number of hydrogen-bond acceptors (Lipinski definition) is 7. The first-order valence-corrected chi connectivity index (χ1v) is 14.4. The standard InChI is InChI=1S/C28H26ClN3O3.C5H4N2O4/c29-22-4-1-3-19(17-22)14-16-28(35)15-2-5-25(18-28)32-27(34)21-8-12-24(13-9-21)31-26(33)20-6-10-23(30)11-7-20;8-3-1-2(4(9)10)6-5(11)7-3/h1,3-4,6-13,17,25,35H,2,5,15,18,30H2,(H,31,33)(H,32,34);1H,(H,9,10)(H2,6,7,8,11)/t25-,28+;/m1./s1. The number of amides is 2. The van der Waals surface area contributed by atoms with Gasteiger partial charge >= 0.3 is 11.7 Å². The van der Waals surface area contributed by atoms with E-state index in [1.807, 2.05) is 22.1 Å². The second kappa shape index (κ2) is 14.9. The minimum Gasteiger partial charge on any atom is -0.477 e. The van der Waals surface area contributed by atoms with Crippen molar-refractivity contribution in [3.05, 3.63) is 127 Å². The van der Waals surface area contributed by atoms with Gasteiger partial charge in [0.05, 0.1) is 0 Å². The van der Waals surface area contributed by atoms with Gasteiger partial charge in [0.2, 0.25) is 0 Å². The number of carbonyl (C=O) groups is 3. The zero-order chi connectivity index (χ0) is 33.3. The van der Waals surface area contributed by atoms with Crippen LogP contribution in [0.2, 0.25) is 5.02 Å². The average molecular weight is 644 g/mol. The van der Waals surface area contributed by atoms with Crippen LogP contribution in [-0.2, 0) is 0 Å². The summed E-state index contributed by atoms with van der Waals surface area (Å²) in [5, 5.41) is 25.7. The van der Waals surface area contributed by atoms with Gasteiger partial charge in [-0.2, -0.15) is 0 Å². The van der Waals surface area contributed by atoms with Crippen molar-refractivity contribution in [3.63, 3.8) is 0 Å². The summed E-state index contributed by atoms with van der Waals surface area (Å²) < 4.78 is 0. The molecule has 1 aliphatic carbocycles. The van der Waals surface area contributed by atoms with Crippen LogP contribution in [0.15, 0.2) is 88.5 Å². The van der Waals surface area contributed by atoms with Gasteiger partial charge in [0.15, 0.2) is 0 Å². The molecule has 0 aliphatic heterocycles. The van der Waals surface area contributed by atoms with E-state index < -0.39 is 28.5 Å². The summed E-state index contributed by atoms with van der Waals surface area (Å²) in [5.74, 6) is 4.14. The van der Waals surface area contributed by atoms with Crippen LogP contribution in [0.3, 0.4) is 0 Å². The van der Waals surface area contributed by atoms with Crippen LogP contribution in [0.5, 0.6) is 0 Å². The quantitative estimate of drug-likeness (QED) is 0.126. The van der Waals surface area contributed by atoms with E-state index in [1.54, 1.807) is 60.7 Å². The third kappa shape index (κ3) is 9.68. The minimum atomic E-state index is -1.34. The summed E-state index contributed by atoms with van der Waals surface area (Å²) in [7, 11) is 0. The van der Waals surface area contributed by atoms with Crippen molar-refractivity contribution in [3.8, 4) is 11.8 Å². The summed E-state index contributed by atoms with van der Waals surface area (Å²) in [6, 6.07) is 21.1. The molecule has 12 nitrogen and oxygen atoms in total. The van der Waals surface area contributed by atoms with E-state index in [1.165, 1.54) is 0 Å². The second-order valence-electron chi connectivity index (χ2n) is 10.5. The molecule has 5 rings (SSSR count). The number of rotatable bonds is 5. The van der Waals surface area contributed by atoms with Crippen LogP contribution in [0.4, 0.5) is 11.4 Å². The van der Waals surface area contributed by atoms with E-state index in [9.17, 15) is 29.1 Å². The third-order valence-electron chi connectivity index (χ3n) is 6.89. The van der Waals surface area contributed by atoms with Crippen LogP contribution in [0.1, 0.15) is 62.5 Å². The highest BCUT2D eigenvalue weighted by molar-refractivity contribution is 6.30. The van der Waals surface area contributed by atoms with E-state index in [-0.39, 0.29) is 17.9 Å². The van der Waals surface area contributed by atoms with Crippen molar-refractivity contribution >= 4 is 40.8 Å². The first kappa shape index (κ1) is 33.3. The highest BCUT2D eigenvalue weighted by Crippen LogP contribution is 2.28. The summed E-state index contributed by atoms with van der Waals surface area (Å²) >= 11 is 6.00. The lowest BCUT2D eigenvalue weighted by Crippen LogP contribution is -2.45. The molecule has 1 saturated carbocycles. The molecule has 4 aromatic rings. The van der Waals surface area contributed by atoms with Crippen LogP contribution in [0, 0.1) is 11.8 Å². The first-order valence-electron chi connectivity index (χ1n) is 14.0. The Morgan fingerprint density at radius 1 is 0.935 bits per heavy atom. The Balaban J connectivity index is 0.000000369. The molecule has 13 heteroatoms. The van der Waals surface area contributed by atoms with Crippen LogP contribution in [-0.4, -0.2) is 49.6 Å². The van der Waals surface area contributed by atoms with Crippen molar-refractivity contribution in [2.75, 3.05) is 11.1 Å². The summed E-state index contributed by atoms with van der Waals surface area (Å²) in [6.45, 7) is 0. The molecule has 1 heterocycles. The molecule has 0 bridgehead atoms. The normalized spacial score (nSPS) is 16.9. The summed E-state index contributed by atoms with van der Waals surface area (Å²) in [5.41, 5.74) is 5.37. The minimum absolute atomic E-state index is 0.195. The molecule has 1 aromatic heterocycles. The Labute approximate surface area is 267 Å². The number of aromatic amines is 2. The Hall–Kier alpha value is -5.64. The molecule has 236 valence electrons. The monoisotopic (exact) mass is 643 g/mol. The molecule has 3 aromatic carbocycles. The van der Waals surface area contributed by atoms with E-state index in [0.717, 1.165) is 24.5 Å². The smallest absolute Gasteiger partial charge is 0.352 e. The Morgan fingerprint density at radius 3 is 2.26 bits per heavy atom. The fraction of sp³-hybridized carbons (Fsp3) is 0.182. The number of hydrogen-bond donors (Lipinski definition) is 7. The average Bonchev–Trinajstić information content (AvgIpc) is 3.01. The molecule has 0 unspecified atom stereocenters. The molecule has 1 aliphatic rings. The van der Waals surface area contributed by atoms with Crippen LogP contribution >= 0.6 is 11.6 Å². The van der Waals surface area contributed by atoms with Crippen molar-refractivity contribution in [2.45, 2.75) is 37.3 Å². The maximum absolute atomic E-state index is 12.8. The molecule has 2 amide bonds. The number of nitrogens with two attached hydrogens (primary N) is 1. The Bertz CT molecular complexity index is 1880. The zero-order valence-corrected chi connectivity index (χ0v) is 25.1. The molecule has 0 saturated heterocycles. The number of carbonyl (C=O) groups excluding carboxylic acids is 2. The molecule has 2 atom stereocenters. The number of nitrogen functional groups attached to an aromatic ring is 1. The summed E-state index contributed by atoms with van der Waals surface area (Å²) in [4.78, 5) is 60.0. The summed E-state index contributed by atoms with van der Waals surface area (Å²) in [6.07, 6.45) is 2.42. The number of benzene rings is 3. The molecule has 1 fully saturated rings. The molecule has 0 radical (unpaired) electrons. The molecular formula is C33H30ClN5O7. The number of carboxylic acid groups (broad SMARTS) is 1. The van der Waals surface area contributed by atoms with Crippen LogP contribution < -0.4 is 27.6 Å². The maximum atomic E-state index is 12.8. The topological polar surface area (TPSA) is 207 Å². The number of aromatic carboxylic acids is 1. The Kier molecular flexibility index (Phi) is 10.8. The number of H-pyrrole nitrogens is 2. The molecule has 0 spiro atoms. The SMILES string of the molecule is Nc1ccc(C(=O)Nc2ccc(C(=O)N[C@@H]3CCC[C@](O)(C#Cc4cccc(Cl)c4)C3)cc2)cc1.O=C(O)c1cc(=O)[nH]c(=O)[nH]1. The number of carboxylic acids is 1. The predicted molar refractivity (Wildman–Crippen MR) is 173 cm³/mol. The van der Waals surface area contributed by atoms with Gasteiger partial charge in [-0.15, -0.1) is 0 Å². The zero-order valence-electron chi connectivity index (χ0n) is 24.3. The van der Waals surface area contributed by atoms with Gasteiger partial charge in [0.1, 0.15) is 11.3 Å². The number of nitrogens with one attached hydrogen (secondary N) is 4. The lowest BCUT2D eigenvalue weighted by Gasteiger charge is -2.33. The maximum Gasteiger partial charge on any atom is 0.352 e. The van der Waals surface area contributed by atoms with Gasteiger partial charge in [-0.25, -0.2) is 9.59 Å². The molecular weight excluding hydrogens is 614 g/mol. The number of aliphatic hydroxyl groups is 1. The van der Waals surface area contributed by atoms with E-state index >= 15 is 0 Å².